The number of sulfonamides is 1. The molecule has 0 saturated carbocycles. The van der Waals surface area contributed by atoms with Crippen LogP contribution in [0.3, 0.4) is 0 Å². The molecule has 0 radical (unpaired) electrons. The van der Waals surface area contributed by atoms with Crippen molar-refractivity contribution in [1.29, 1.82) is 0 Å². The van der Waals surface area contributed by atoms with E-state index >= 15 is 0 Å². The van der Waals surface area contributed by atoms with E-state index in [1.807, 2.05) is 13.8 Å². The largest absolute Gasteiger partial charge is 0.279 e. The lowest BCUT2D eigenvalue weighted by Gasteiger charge is -2.14. The summed E-state index contributed by atoms with van der Waals surface area (Å²) in [7, 11) is -3.74. The van der Waals surface area contributed by atoms with Crippen LogP contribution < -0.4 is 4.72 Å². The Bertz CT molecular complexity index is 843. The van der Waals surface area contributed by atoms with E-state index in [4.69, 9.17) is 0 Å². The number of aryl methyl sites for hydroxylation is 3. The van der Waals surface area contributed by atoms with E-state index in [2.05, 4.69) is 4.72 Å². The fourth-order valence-electron chi connectivity index (χ4n) is 2.28. The molecule has 2 aromatic carbocycles. The first-order valence-corrected chi connectivity index (χ1v) is 8.60. The predicted octanol–water partition coefficient (Wildman–Crippen LogP) is 3.57. The average molecular weight is 334 g/mol. The molecule has 0 fully saturated rings. The number of rotatable bonds is 5. The summed E-state index contributed by atoms with van der Waals surface area (Å²) < 4.78 is 27.6. The molecule has 2 rings (SSSR count). The van der Waals surface area contributed by atoms with Crippen LogP contribution in [0.15, 0.2) is 41.3 Å². The molecule has 0 saturated heterocycles. The van der Waals surface area contributed by atoms with E-state index in [0.717, 1.165) is 5.56 Å². The summed E-state index contributed by atoms with van der Waals surface area (Å²) in [6.45, 7) is 5.35. The summed E-state index contributed by atoms with van der Waals surface area (Å²) in [5.74, 6) is 0. The number of hydrogen-bond donors (Lipinski definition) is 1. The minimum Gasteiger partial charge on any atom is -0.279 e. The quantitative estimate of drug-likeness (QED) is 0.668. The van der Waals surface area contributed by atoms with Gasteiger partial charge in [-0.25, -0.2) is 8.42 Å². The molecule has 0 heterocycles. The van der Waals surface area contributed by atoms with Gasteiger partial charge in [-0.3, -0.25) is 14.8 Å². The van der Waals surface area contributed by atoms with Gasteiger partial charge >= 0.3 is 0 Å². The standard InChI is InChI=1S/C16H18N2O4S/c1-4-13-10-14(18(19)20)9-12(3)16(13)17-23(21,22)15-7-5-11(2)6-8-15/h5-10,17H,4H2,1-3H3. The molecule has 7 heteroatoms. The Hall–Kier alpha value is -2.41. The third kappa shape index (κ3) is 3.68. The molecule has 0 aliphatic carbocycles. The number of hydrogen-bond acceptors (Lipinski definition) is 4. The summed E-state index contributed by atoms with van der Waals surface area (Å²) in [4.78, 5) is 10.6. The van der Waals surface area contributed by atoms with E-state index in [1.165, 1.54) is 24.3 Å². The Morgan fingerprint density at radius 3 is 2.26 bits per heavy atom. The molecule has 23 heavy (non-hydrogen) atoms. The van der Waals surface area contributed by atoms with E-state index in [9.17, 15) is 18.5 Å². The monoisotopic (exact) mass is 334 g/mol. The third-order valence-corrected chi connectivity index (χ3v) is 4.93. The number of nitro benzene ring substituents is 1. The smallest absolute Gasteiger partial charge is 0.270 e. The first-order valence-electron chi connectivity index (χ1n) is 7.12. The van der Waals surface area contributed by atoms with Crippen molar-refractivity contribution < 1.29 is 13.3 Å². The highest BCUT2D eigenvalue weighted by Gasteiger charge is 2.19. The summed E-state index contributed by atoms with van der Waals surface area (Å²) in [5.41, 5.74) is 2.43. The van der Waals surface area contributed by atoms with E-state index < -0.39 is 14.9 Å². The molecule has 0 bridgehead atoms. The summed E-state index contributed by atoms with van der Waals surface area (Å²) in [5, 5.41) is 10.9. The molecule has 0 spiro atoms. The minimum absolute atomic E-state index is 0.0439. The van der Waals surface area contributed by atoms with Crippen LogP contribution in [0.2, 0.25) is 0 Å². The van der Waals surface area contributed by atoms with Crippen molar-refractivity contribution in [2.75, 3.05) is 4.72 Å². The highest BCUT2D eigenvalue weighted by molar-refractivity contribution is 7.92. The van der Waals surface area contributed by atoms with Gasteiger partial charge in [-0.05, 0) is 43.5 Å². The van der Waals surface area contributed by atoms with Gasteiger partial charge in [-0.2, -0.15) is 0 Å². The Balaban J connectivity index is 2.46. The molecule has 6 nitrogen and oxygen atoms in total. The second-order valence-corrected chi connectivity index (χ2v) is 7.01. The molecule has 1 N–H and O–H groups in total. The Kier molecular flexibility index (Phi) is 4.70. The first kappa shape index (κ1) is 17.0. The van der Waals surface area contributed by atoms with Gasteiger partial charge in [0, 0.05) is 12.1 Å². The van der Waals surface area contributed by atoms with Crippen molar-refractivity contribution in [3.05, 3.63) is 63.2 Å². The molecule has 122 valence electrons. The van der Waals surface area contributed by atoms with Gasteiger partial charge in [0.05, 0.1) is 15.5 Å². The molecule has 2 aromatic rings. The normalized spacial score (nSPS) is 11.3. The van der Waals surface area contributed by atoms with Gasteiger partial charge in [0.1, 0.15) is 0 Å². The number of benzene rings is 2. The van der Waals surface area contributed by atoms with Crippen molar-refractivity contribution in [2.45, 2.75) is 32.1 Å². The van der Waals surface area contributed by atoms with Crippen molar-refractivity contribution >= 4 is 21.4 Å². The van der Waals surface area contributed by atoms with Crippen molar-refractivity contribution in [2.24, 2.45) is 0 Å². The van der Waals surface area contributed by atoms with Crippen LogP contribution in [0.4, 0.5) is 11.4 Å². The second-order valence-electron chi connectivity index (χ2n) is 5.33. The van der Waals surface area contributed by atoms with Crippen LogP contribution in [-0.4, -0.2) is 13.3 Å². The van der Waals surface area contributed by atoms with Gasteiger partial charge < -0.3 is 0 Å². The number of nitrogens with one attached hydrogen (secondary N) is 1. The third-order valence-electron chi connectivity index (χ3n) is 3.56. The minimum atomic E-state index is -3.74. The molecular weight excluding hydrogens is 316 g/mol. The number of nitro groups is 1. The number of anilines is 1. The topological polar surface area (TPSA) is 89.3 Å². The zero-order valence-corrected chi connectivity index (χ0v) is 14.0. The Morgan fingerprint density at radius 1 is 1.13 bits per heavy atom. The molecule has 0 unspecified atom stereocenters. The van der Waals surface area contributed by atoms with Gasteiger partial charge in [-0.15, -0.1) is 0 Å². The molecule has 0 aliphatic heterocycles. The van der Waals surface area contributed by atoms with Crippen LogP contribution in [0.5, 0.6) is 0 Å². The zero-order chi connectivity index (χ0) is 17.2. The summed E-state index contributed by atoms with van der Waals surface area (Å²) in [6, 6.07) is 9.27. The molecule has 0 aliphatic rings. The highest BCUT2D eigenvalue weighted by Crippen LogP contribution is 2.29. The van der Waals surface area contributed by atoms with Gasteiger partial charge in [-0.1, -0.05) is 24.6 Å². The SMILES string of the molecule is CCc1cc([N+](=O)[O-])cc(C)c1NS(=O)(=O)c1ccc(C)cc1. The first-order chi connectivity index (χ1) is 10.7. The van der Waals surface area contributed by atoms with Gasteiger partial charge in [0.25, 0.3) is 15.7 Å². The van der Waals surface area contributed by atoms with Crippen LogP contribution in [0.1, 0.15) is 23.6 Å². The van der Waals surface area contributed by atoms with Gasteiger partial charge in [0.15, 0.2) is 0 Å². The van der Waals surface area contributed by atoms with Crippen LogP contribution in [0.25, 0.3) is 0 Å². The predicted molar refractivity (Wildman–Crippen MR) is 89.2 cm³/mol. The second kappa shape index (κ2) is 6.37. The lowest BCUT2D eigenvalue weighted by molar-refractivity contribution is -0.384. The van der Waals surface area contributed by atoms with Crippen molar-refractivity contribution in [1.82, 2.24) is 0 Å². The van der Waals surface area contributed by atoms with Crippen LogP contribution in [0, 0.1) is 24.0 Å². The van der Waals surface area contributed by atoms with Gasteiger partial charge in [0.2, 0.25) is 0 Å². The fourth-order valence-corrected chi connectivity index (χ4v) is 3.45. The van der Waals surface area contributed by atoms with Crippen LogP contribution >= 0.6 is 0 Å². The fraction of sp³-hybridized carbons (Fsp3) is 0.250. The Morgan fingerprint density at radius 2 is 1.74 bits per heavy atom. The number of nitrogens with zero attached hydrogens (tertiary/aromatic N) is 1. The lowest BCUT2D eigenvalue weighted by atomic mass is 10.1. The lowest BCUT2D eigenvalue weighted by Crippen LogP contribution is -2.15. The van der Waals surface area contributed by atoms with E-state index in [1.54, 1.807) is 19.1 Å². The highest BCUT2D eigenvalue weighted by atomic mass is 32.2. The zero-order valence-electron chi connectivity index (χ0n) is 13.2. The van der Waals surface area contributed by atoms with Crippen LogP contribution in [-0.2, 0) is 16.4 Å². The molecule has 0 atom stereocenters. The maximum absolute atomic E-state index is 12.5. The summed E-state index contributed by atoms with van der Waals surface area (Å²) >= 11 is 0. The van der Waals surface area contributed by atoms with Crippen molar-refractivity contribution in [3.8, 4) is 0 Å². The average Bonchev–Trinajstić information content (AvgIpc) is 2.49. The Labute approximate surface area is 135 Å². The maximum atomic E-state index is 12.5. The molecular formula is C16H18N2O4S. The molecule has 0 aromatic heterocycles. The molecule has 0 amide bonds. The number of non-ortho nitro benzene ring substituents is 1. The van der Waals surface area contributed by atoms with E-state index in [-0.39, 0.29) is 10.6 Å². The maximum Gasteiger partial charge on any atom is 0.270 e. The van der Waals surface area contributed by atoms with E-state index in [0.29, 0.717) is 23.2 Å². The summed E-state index contributed by atoms with van der Waals surface area (Å²) in [6.07, 6.45) is 0.480. The van der Waals surface area contributed by atoms with Crippen molar-refractivity contribution in [3.63, 3.8) is 0 Å².